The zero-order valence-corrected chi connectivity index (χ0v) is 9.52. The molecule has 0 heterocycles. The second-order valence-corrected chi connectivity index (χ2v) is 3.76. The molecular weight excluding hydrogens is 252 g/mol. The molecule has 2 aromatic rings. The van der Waals surface area contributed by atoms with Crippen molar-refractivity contribution in [3.63, 3.8) is 0 Å². The van der Waals surface area contributed by atoms with E-state index >= 15 is 0 Å². The first-order valence-corrected chi connectivity index (χ1v) is 5.25. The van der Waals surface area contributed by atoms with Gasteiger partial charge in [-0.2, -0.15) is 5.26 Å². The lowest BCUT2D eigenvalue weighted by Gasteiger charge is -2.08. The average Bonchev–Trinajstić information content (AvgIpc) is 2.43. The maximum Gasteiger partial charge on any atom is 0.177 e. The van der Waals surface area contributed by atoms with Crippen molar-refractivity contribution < 1.29 is 18.7 Å². The number of nitrogens with zero attached hydrogens (tertiary/aromatic N) is 1. The van der Waals surface area contributed by atoms with Gasteiger partial charge >= 0.3 is 0 Å². The topological polar surface area (TPSA) is 61.1 Å². The number of phenolic OH excluding ortho intramolecular Hbond substituents is 1. The second-order valence-electron chi connectivity index (χ2n) is 3.76. The summed E-state index contributed by atoms with van der Waals surface area (Å²) < 4.78 is 27.3. The van der Waals surface area contributed by atoms with E-state index in [4.69, 9.17) is 5.26 Å². The van der Waals surface area contributed by atoms with Crippen molar-refractivity contribution in [1.29, 1.82) is 5.26 Å². The number of aldehydes is 1. The molecule has 0 aliphatic carbocycles. The fraction of sp³-hybridized carbons (Fsp3) is 0. The molecule has 5 heteroatoms. The summed E-state index contributed by atoms with van der Waals surface area (Å²) in [6, 6.07) is 7.95. The first-order valence-electron chi connectivity index (χ1n) is 5.25. The van der Waals surface area contributed by atoms with Gasteiger partial charge in [0.1, 0.15) is 11.8 Å². The smallest absolute Gasteiger partial charge is 0.177 e. The summed E-state index contributed by atoms with van der Waals surface area (Å²) in [6.07, 6.45) is 0.413. The third-order valence-corrected chi connectivity index (χ3v) is 2.69. The van der Waals surface area contributed by atoms with Crippen molar-refractivity contribution in [2.24, 2.45) is 0 Å². The number of nitriles is 1. The van der Waals surface area contributed by atoms with Crippen LogP contribution in [0.3, 0.4) is 0 Å². The minimum absolute atomic E-state index is 0.00881. The van der Waals surface area contributed by atoms with E-state index in [2.05, 4.69) is 0 Å². The van der Waals surface area contributed by atoms with Gasteiger partial charge in [-0.05, 0) is 18.2 Å². The van der Waals surface area contributed by atoms with E-state index in [0.29, 0.717) is 6.29 Å². The van der Waals surface area contributed by atoms with E-state index in [1.54, 1.807) is 0 Å². The highest BCUT2D eigenvalue weighted by molar-refractivity contribution is 5.85. The Labute approximate surface area is 107 Å². The molecule has 2 rings (SSSR count). The minimum Gasteiger partial charge on any atom is -0.507 e. The number of aromatic hydroxyl groups is 1. The molecule has 0 bridgehead atoms. The lowest BCUT2D eigenvalue weighted by Crippen LogP contribution is -1.95. The van der Waals surface area contributed by atoms with E-state index in [-0.39, 0.29) is 16.7 Å². The van der Waals surface area contributed by atoms with E-state index in [1.165, 1.54) is 30.3 Å². The Morgan fingerprint density at radius 2 is 1.84 bits per heavy atom. The molecule has 19 heavy (non-hydrogen) atoms. The average molecular weight is 259 g/mol. The largest absolute Gasteiger partial charge is 0.507 e. The van der Waals surface area contributed by atoms with Gasteiger partial charge in [-0.1, -0.05) is 12.1 Å². The monoisotopic (exact) mass is 259 g/mol. The van der Waals surface area contributed by atoms with Crippen LogP contribution in [0.25, 0.3) is 11.1 Å². The van der Waals surface area contributed by atoms with Crippen LogP contribution >= 0.6 is 0 Å². The van der Waals surface area contributed by atoms with Crippen molar-refractivity contribution >= 4 is 6.29 Å². The van der Waals surface area contributed by atoms with Gasteiger partial charge in [-0.3, -0.25) is 4.79 Å². The lowest BCUT2D eigenvalue weighted by molar-refractivity contribution is 0.112. The van der Waals surface area contributed by atoms with Gasteiger partial charge in [-0.15, -0.1) is 0 Å². The summed E-state index contributed by atoms with van der Waals surface area (Å²) >= 11 is 0. The number of rotatable bonds is 2. The minimum atomic E-state index is -1.28. The molecule has 0 aliphatic heterocycles. The molecule has 0 saturated carbocycles. The first kappa shape index (κ1) is 12.7. The number of benzene rings is 2. The van der Waals surface area contributed by atoms with Crippen LogP contribution in [-0.4, -0.2) is 11.4 Å². The second kappa shape index (κ2) is 4.86. The fourth-order valence-electron chi connectivity index (χ4n) is 1.72. The van der Waals surface area contributed by atoms with Gasteiger partial charge in [0.25, 0.3) is 0 Å². The predicted molar refractivity (Wildman–Crippen MR) is 63.6 cm³/mol. The molecule has 0 fully saturated rings. The summed E-state index contributed by atoms with van der Waals surface area (Å²) in [5.41, 5.74) is -0.669. The van der Waals surface area contributed by atoms with Crippen molar-refractivity contribution in [2.75, 3.05) is 0 Å². The highest BCUT2D eigenvalue weighted by atomic mass is 19.2. The van der Waals surface area contributed by atoms with Crippen LogP contribution in [-0.2, 0) is 0 Å². The molecule has 0 amide bonds. The molecule has 0 unspecified atom stereocenters. The normalized spacial score (nSPS) is 9.95. The maximum atomic E-state index is 13.8. The van der Waals surface area contributed by atoms with Crippen molar-refractivity contribution in [3.8, 4) is 22.9 Å². The molecule has 0 radical (unpaired) electrons. The van der Waals surface area contributed by atoms with Gasteiger partial charge in [0.05, 0.1) is 11.1 Å². The quantitative estimate of drug-likeness (QED) is 0.843. The van der Waals surface area contributed by atoms with E-state index < -0.39 is 22.9 Å². The molecule has 94 valence electrons. The number of phenols is 1. The van der Waals surface area contributed by atoms with Crippen LogP contribution in [0.2, 0.25) is 0 Å². The first-order chi connectivity index (χ1) is 9.10. The lowest BCUT2D eigenvalue weighted by atomic mass is 9.99. The number of carbonyl (C=O) groups is 1. The Kier molecular flexibility index (Phi) is 3.25. The van der Waals surface area contributed by atoms with Crippen molar-refractivity contribution in [2.45, 2.75) is 0 Å². The van der Waals surface area contributed by atoms with Gasteiger partial charge in [0.15, 0.2) is 17.9 Å². The van der Waals surface area contributed by atoms with Crippen LogP contribution in [0.4, 0.5) is 8.78 Å². The Morgan fingerprint density at radius 1 is 1.11 bits per heavy atom. The van der Waals surface area contributed by atoms with E-state index in [9.17, 15) is 18.7 Å². The van der Waals surface area contributed by atoms with Crippen LogP contribution in [0.5, 0.6) is 5.75 Å². The summed E-state index contributed by atoms with van der Waals surface area (Å²) in [4.78, 5) is 10.7. The number of carbonyl (C=O) groups excluding carboxylic acids is 1. The van der Waals surface area contributed by atoms with E-state index in [1.807, 2.05) is 0 Å². The van der Waals surface area contributed by atoms with Crippen molar-refractivity contribution in [3.05, 3.63) is 53.1 Å². The summed E-state index contributed by atoms with van der Waals surface area (Å²) in [5, 5.41) is 18.4. The van der Waals surface area contributed by atoms with Crippen molar-refractivity contribution in [1.82, 2.24) is 0 Å². The summed E-state index contributed by atoms with van der Waals surface area (Å²) in [5.74, 6) is -2.95. The standard InChI is InChI=1S/C14H7F2NO2/c15-12-8(6-17)4-5-10(13(12)16)11-3-1-2-9(7-18)14(11)19/h1-5,7,19H. The fourth-order valence-corrected chi connectivity index (χ4v) is 1.72. The Balaban J connectivity index is 2.71. The van der Waals surface area contributed by atoms with Gasteiger partial charge < -0.3 is 5.11 Å². The zero-order chi connectivity index (χ0) is 14.0. The van der Waals surface area contributed by atoms with Gasteiger partial charge in [0, 0.05) is 11.1 Å². The number of hydrogen-bond donors (Lipinski definition) is 1. The zero-order valence-electron chi connectivity index (χ0n) is 9.52. The van der Waals surface area contributed by atoms with Gasteiger partial charge in [-0.25, -0.2) is 8.78 Å². The van der Waals surface area contributed by atoms with Gasteiger partial charge in [0.2, 0.25) is 0 Å². The number of para-hydroxylation sites is 1. The van der Waals surface area contributed by atoms with Crippen LogP contribution in [0, 0.1) is 23.0 Å². The SMILES string of the molecule is N#Cc1ccc(-c2cccc(C=O)c2O)c(F)c1F. The summed E-state index contributed by atoms with van der Waals surface area (Å²) in [6.45, 7) is 0. The molecule has 3 nitrogen and oxygen atoms in total. The highest BCUT2D eigenvalue weighted by Crippen LogP contribution is 2.34. The van der Waals surface area contributed by atoms with Crippen LogP contribution in [0.1, 0.15) is 15.9 Å². The number of hydrogen-bond acceptors (Lipinski definition) is 3. The Morgan fingerprint density at radius 3 is 2.47 bits per heavy atom. The van der Waals surface area contributed by atoms with E-state index in [0.717, 1.165) is 6.07 Å². The Bertz CT molecular complexity index is 705. The summed E-state index contributed by atoms with van der Waals surface area (Å²) in [7, 11) is 0. The molecule has 0 spiro atoms. The third-order valence-electron chi connectivity index (χ3n) is 2.69. The highest BCUT2D eigenvalue weighted by Gasteiger charge is 2.17. The molecular formula is C14H7F2NO2. The Hall–Kier alpha value is -2.74. The molecule has 0 atom stereocenters. The van der Waals surface area contributed by atoms with Crippen LogP contribution < -0.4 is 0 Å². The molecule has 0 saturated heterocycles. The number of halogens is 2. The molecule has 1 N–H and O–H groups in total. The molecule has 0 aromatic heterocycles. The molecule has 2 aromatic carbocycles. The third kappa shape index (κ3) is 2.04. The predicted octanol–water partition coefficient (Wildman–Crippen LogP) is 3.02. The molecule has 0 aliphatic rings. The van der Waals surface area contributed by atoms with Crippen LogP contribution in [0.15, 0.2) is 30.3 Å². The maximum absolute atomic E-state index is 13.8.